The van der Waals surface area contributed by atoms with Gasteiger partial charge in [-0.15, -0.1) is 0 Å². The summed E-state index contributed by atoms with van der Waals surface area (Å²) in [5.74, 6) is 0.730. The maximum atomic E-state index is 5.41. The smallest absolute Gasteiger partial charge is 0.118 e. The average molecular weight is 343 g/mol. The molecule has 0 aromatic heterocycles. The lowest BCUT2D eigenvalue weighted by Gasteiger charge is -2.16. The molecule has 0 amide bonds. The highest BCUT2D eigenvalue weighted by molar-refractivity contribution is 4.59. The normalized spacial score (nSPS) is 13.5. The molecule has 24 heavy (non-hydrogen) atoms. The lowest BCUT2D eigenvalue weighted by Crippen LogP contribution is -2.21. The molecule has 0 N–H and O–H groups in total. The van der Waals surface area contributed by atoms with E-state index in [1.54, 1.807) is 0 Å². The maximum absolute atomic E-state index is 5.41. The van der Waals surface area contributed by atoms with E-state index >= 15 is 0 Å². The molecule has 0 fully saturated rings. The van der Waals surface area contributed by atoms with Crippen molar-refractivity contribution in [2.75, 3.05) is 19.8 Å². The van der Waals surface area contributed by atoms with Gasteiger partial charge in [0.15, 0.2) is 0 Å². The predicted octanol–water partition coefficient (Wildman–Crippen LogP) is 5.46. The van der Waals surface area contributed by atoms with Crippen LogP contribution in [0.4, 0.5) is 0 Å². The lowest BCUT2D eigenvalue weighted by molar-refractivity contribution is -0.0242. The van der Waals surface area contributed by atoms with Crippen molar-refractivity contribution in [3.05, 3.63) is 38.5 Å². The molecule has 0 aliphatic rings. The summed E-state index contributed by atoms with van der Waals surface area (Å²) >= 11 is 0. The van der Waals surface area contributed by atoms with Gasteiger partial charge in [0, 0.05) is 0 Å². The van der Waals surface area contributed by atoms with Crippen LogP contribution in [0.25, 0.3) is 0 Å². The molecule has 0 aromatic rings. The Balaban J connectivity index is 0. The van der Waals surface area contributed by atoms with E-state index in [2.05, 4.69) is 33.6 Å². The van der Waals surface area contributed by atoms with Gasteiger partial charge in [-0.2, -0.15) is 0 Å². The molecule has 4 heteroatoms. The molecule has 0 aromatic carbocycles. The Morgan fingerprint density at radius 1 is 0.833 bits per heavy atom. The minimum Gasteiger partial charge on any atom is -0.502 e. The topological polar surface area (TPSA) is 36.9 Å². The molecule has 0 aliphatic heterocycles. The number of unbranched alkanes of at least 4 members (excludes halogenated alkanes) is 1. The van der Waals surface area contributed by atoms with E-state index in [-0.39, 0.29) is 12.2 Å². The highest BCUT2D eigenvalue weighted by atomic mass is 16.6. The highest BCUT2D eigenvalue weighted by Crippen LogP contribution is 2.12. The Labute approximate surface area is 149 Å². The first-order chi connectivity index (χ1) is 11.5. The summed E-state index contributed by atoms with van der Waals surface area (Å²) in [6.07, 6.45) is 9.55. The Morgan fingerprint density at radius 2 is 1.46 bits per heavy atom. The van der Waals surface area contributed by atoms with Crippen LogP contribution in [0.3, 0.4) is 0 Å². The lowest BCUT2D eigenvalue weighted by atomic mass is 10.0. The van der Waals surface area contributed by atoms with Crippen molar-refractivity contribution in [2.45, 2.75) is 65.6 Å². The number of hydrogen-bond acceptors (Lipinski definition) is 4. The van der Waals surface area contributed by atoms with Gasteiger partial charge in [0.2, 0.25) is 0 Å². The van der Waals surface area contributed by atoms with E-state index in [0.717, 1.165) is 12.5 Å². The second kappa shape index (κ2) is 19.6. The first-order valence-electron chi connectivity index (χ1n) is 8.88. The molecule has 0 aliphatic carbocycles. The van der Waals surface area contributed by atoms with Gasteiger partial charge in [0.25, 0.3) is 0 Å². The standard InChI is InChI=1S/C10H18O3.C10H20O/c1-5-11-7-9(3)13-8-10(4)12-6-2;1-4-7-8-10(5-2)9-11-6-3/h5-6,9-10H,1-2,7-8H2,3-4H3;6,10H,3-5,7-9H2,1-2H3. The summed E-state index contributed by atoms with van der Waals surface area (Å²) in [4.78, 5) is 0. The molecule has 0 spiro atoms. The van der Waals surface area contributed by atoms with Crippen LogP contribution in [0, 0.1) is 5.92 Å². The van der Waals surface area contributed by atoms with Gasteiger partial charge in [-0.25, -0.2) is 0 Å². The Hall–Kier alpha value is -1.42. The zero-order valence-electron chi connectivity index (χ0n) is 16.2. The Morgan fingerprint density at radius 3 is 1.96 bits per heavy atom. The zero-order valence-corrected chi connectivity index (χ0v) is 16.2. The quantitative estimate of drug-likeness (QED) is 0.370. The fourth-order valence-electron chi connectivity index (χ4n) is 1.86. The molecule has 3 unspecified atom stereocenters. The van der Waals surface area contributed by atoms with Gasteiger partial charge in [-0.3, -0.25) is 0 Å². The second-order valence-electron chi connectivity index (χ2n) is 5.67. The van der Waals surface area contributed by atoms with Gasteiger partial charge in [-0.1, -0.05) is 52.8 Å². The van der Waals surface area contributed by atoms with Crippen molar-refractivity contribution in [2.24, 2.45) is 5.92 Å². The predicted molar refractivity (Wildman–Crippen MR) is 102 cm³/mol. The van der Waals surface area contributed by atoms with Gasteiger partial charge >= 0.3 is 0 Å². The molecular formula is C20H38O4. The van der Waals surface area contributed by atoms with Gasteiger partial charge in [0.1, 0.15) is 12.7 Å². The third kappa shape index (κ3) is 18.6. The first-order valence-corrected chi connectivity index (χ1v) is 8.88. The summed E-state index contributed by atoms with van der Waals surface area (Å²) in [6.45, 7) is 20.6. The van der Waals surface area contributed by atoms with Crippen molar-refractivity contribution >= 4 is 0 Å². The van der Waals surface area contributed by atoms with E-state index in [9.17, 15) is 0 Å². The first kappa shape index (κ1) is 24.8. The van der Waals surface area contributed by atoms with E-state index < -0.39 is 0 Å². The van der Waals surface area contributed by atoms with Crippen molar-refractivity contribution < 1.29 is 18.9 Å². The monoisotopic (exact) mass is 342 g/mol. The molecule has 0 heterocycles. The van der Waals surface area contributed by atoms with Crippen LogP contribution in [-0.2, 0) is 18.9 Å². The molecule has 0 saturated heterocycles. The SMILES string of the molecule is C=COCC(C)OCC(C)OC=C.C=COCC(CC)CCCC. The van der Waals surface area contributed by atoms with Gasteiger partial charge < -0.3 is 18.9 Å². The number of rotatable bonds is 15. The summed E-state index contributed by atoms with van der Waals surface area (Å²) in [7, 11) is 0. The minimum atomic E-state index is 0.0312. The molecular weight excluding hydrogens is 304 g/mol. The zero-order chi connectivity index (χ0) is 18.6. The number of hydrogen-bond donors (Lipinski definition) is 0. The van der Waals surface area contributed by atoms with Crippen LogP contribution in [-0.4, -0.2) is 32.0 Å². The molecule has 0 rings (SSSR count). The van der Waals surface area contributed by atoms with E-state index in [4.69, 9.17) is 18.9 Å². The van der Waals surface area contributed by atoms with Crippen molar-refractivity contribution in [1.82, 2.24) is 0 Å². The molecule has 142 valence electrons. The fraction of sp³-hybridized carbons (Fsp3) is 0.700. The van der Waals surface area contributed by atoms with Gasteiger partial charge in [-0.05, 0) is 26.2 Å². The Kier molecular flexibility index (Phi) is 20.3. The van der Waals surface area contributed by atoms with Crippen molar-refractivity contribution in [3.8, 4) is 0 Å². The highest BCUT2D eigenvalue weighted by Gasteiger charge is 2.06. The average Bonchev–Trinajstić information content (AvgIpc) is 2.59. The van der Waals surface area contributed by atoms with Crippen LogP contribution in [0.15, 0.2) is 38.5 Å². The summed E-state index contributed by atoms with van der Waals surface area (Å²) in [6, 6.07) is 0. The van der Waals surface area contributed by atoms with Crippen LogP contribution >= 0.6 is 0 Å². The van der Waals surface area contributed by atoms with Crippen LogP contribution in [0.1, 0.15) is 53.4 Å². The maximum Gasteiger partial charge on any atom is 0.118 e. The number of ether oxygens (including phenoxy) is 4. The third-order valence-electron chi connectivity index (χ3n) is 3.39. The largest absolute Gasteiger partial charge is 0.502 e. The molecule has 0 saturated carbocycles. The second-order valence-corrected chi connectivity index (χ2v) is 5.67. The van der Waals surface area contributed by atoms with Crippen molar-refractivity contribution in [3.63, 3.8) is 0 Å². The molecule has 3 atom stereocenters. The van der Waals surface area contributed by atoms with Crippen LogP contribution in [0.2, 0.25) is 0 Å². The summed E-state index contributed by atoms with van der Waals surface area (Å²) in [5, 5.41) is 0. The van der Waals surface area contributed by atoms with Crippen LogP contribution < -0.4 is 0 Å². The van der Waals surface area contributed by atoms with Crippen LogP contribution in [0.5, 0.6) is 0 Å². The fourth-order valence-corrected chi connectivity index (χ4v) is 1.86. The van der Waals surface area contributed by atoms with E-state index in [1.807, 2.05) is 13.8 Å². The Bertz CT molecular complexity index is 291. The molecule has 0 bridgehead atoms. The minimum absolute atomic E-state index is 0.0312. The molecule has 0 radical (unpaired) electrons. The summed E-state index contributed by atoms with van der Waals surface area (Å²) < 4.78 is 20.6. The van der Waals surface area contributed by atoms with E-state index in [1.165, 1.54) is 44.5 Å². The van der Waals surface area contributed by atoms with Gasteiger partial charge in [0.05, 0.1) is 38.1 Å². The summed E-state index contributed by atoms with van der Waals surface area (Å²) in [5.41, 5.74) is 0. The van der Waals surface area contributed by atoms with E-state index in [0.29, 0.717) is 13.2 Å². The third-order valence-corrected chi connectivity index (χ3v) is 3.39. The van der Waals surface area contributed by atoms with Crippen molar-refractivity contribution in [1.29, 1.82) is 0 Å². The molecule has 4 nitrogen and oxygen atoms in total.